The first kappa shape index (κ1) is 12.7. The van der Waals surface area contributed by atoms with Crippen molar-refractivity contribution < 1.29 is 5.11 Å². The molecule has 1 N–H and O–H groups in total. The Morgan fingerprint density at radius 3 is 2.23 bits per heavy atom. The standard InChI is InChI=1S/C12H24O/c1-6-8-11(7-2)12(4,5)10(3)9-13/h6,8,10-11,13H,7,9H2,1-5H3. The highest BCUT2D eigenvalue weighted by molar-refractivity contribution is 4.95. The van der Waals surface area contributed by atoms with E-state index in [1.807, 2.05) is 0 Å². The zero-order valence-corrected chi connectivity index (χ0v) is 9.67. The summed E-state index contributed by atoms with van der Waals surface area (Å²) in [5.41, 5.74) is 0.190. The van der Waals surface area contributed by atoms with Crippen LogP contribution in [0.25, 0.3) is 0 Å². The minimum Gasteiger partial charge on any atom is -0.396 e. The molecule has 1 nitrogen and oxygen atoms in total. The number of aliphatic hydroxyl groups is 1. The topological polar surface area (TPSA) is 20.2 Å². The second-order valence-electron chi connectivity index (χ2n) is 4.45. The van der Waals surface area contributed by atoms with Gasteiger partial charge >= 0.3 is 0 Å². The monoisotopic (exact) mass is 184 g/mol. The fourth-order valence-corrected chi connectivity index (χ4v) is 1.74. The van der Waals surface area contributed by atoms with Crippen LogP contribution in [0.3, 0.4) is 0 Å². The molecule has 0 aliphatic heterocycles. The molecule has 2 atom stereocenters. The molecular formula is C12H24O. The summed E-state index contributed by atoms with van der Waals surface area (Å²) >= 11 is 0. The molecule has 0 aromatic heterocycles. The lowest BCUT2D eigenvalue weighted by Crippen LogP contribution is -2.31. The molecule has 0 fully saturated rings. The molecule has 2 unspecified atom stereocenters. The number of hydrogen-bond donors (Lipinski definition) is 1. The van der Waals surface area contributed by atoms with Crippen LogP contribution in [0.2, 0.25) is 0 Å². The van der Waals surface area contributed by atoms with Crippen molar-refractivity contribution in [3.63, 3.8) is 0 Å². The first-order valence-corrected chi connectivity index (χ1v) is 5.24. The van der Waals surface area contributed by atoms with Crippen LogP contribution in [-0.2, 0) is 0 Å². The lowest BCUT2D eigenvalue weighted by atomic mass is 9.69. The van der Waals surface area contributed by atoms with Crippen LogP contribution >= 0.6 is 0 Å². The van der Waals surface area contributed by atoms with Gasteiger partial charge in [0.25, 0.3) is 0 Å². The van der Waals surface area contributed by atoms with Crippen molar-refractivity contribution in [3.8, 4) is 0 Å². The molecule has 0 bridgehead atoms. The molecule has 0 saturated heterocycles. The Morgan fingerprint density at radius 2 is 1.92 bits per heavy atom. The summed E-state index contributed by atoms with van der Waals surface area (Å²) in [4.78, 5) is 0. The predicted molar refractivity (Wildman–Crippen MR) is 58.6 cm³/mol. The third-order valence-electron chi connectivity index (χ3n) is 3.36. The molecule has 0 aliphatic carbocycles. The van der Waals surface area contributed by atoms with Crippen molar-refractivity contribution in [2.45, 2.75) is 41.0 Å². The molecule has 0 aromatic carbocycles. The van der Waals surface area contributed by atoms with Crippen LogP contribution in [0.15, 0.2) is 12.2 Å². The van der Waals surface area contributed by atoms with Crippen LogP contribution in [0.5, 0.6) is 0 Å². The SMILES string of the molecule is CC=CC(CC)C(C)(C)C(C)CO. The Balaban J connectivity index is 4.55. The van der Waals surface area contributed by atoms with E-state index in [1.54, 1.807) is 0 Å². The van der Waals surface area contributed by atoms with Crippen LogP contribution in [0, 0.1) is 17.3 Å². The molecule has 78 valence electrons. The molecule has 0 heterocycles. The summed E-state index contributed by atoms with van der Waals surface area (Å²) < 4.78 is 0. The van der Waals surface area contributed by atoms with Gasteiger partial charge in [-0.25, -0.2) is 0 Å². The molecule has 0 aromatic rings. The van der Waals surface area contributed by atoms with Gasteiger partial charge in [-0.05, 0) is 30.6 Å². The zero-order chi connectivity index (χ0) is 10.5. The first-order chi connectivity index (χ1) is 6.00. The third-order valence-corrected chi connectivity index (χ3v) is 3.36. The van der Waals surface area contributed by atoms with Gasteiger partial charge in [-0.2, -0.15) is 0 Å². The Morgan fingerprint density at radius 1 is 1.38 bits per heavy atom. The van der Waals surface area contributed by atoms with E-state index in [9.17, 15) is 0 Å². The van der Waals surface area contributed by atoms with Crippen LogP contribution in [0.4, 0.5) is 0 Å². The lowest BCUT2D eigenvalue weighted by molar-refractivity contribution is 0.0914. The summed E-state index contributed by atoms with van der Waals surface area (Å²) in [6.45, 7) is 11.1. The van der Waals surface area contributed by atoms with Crippen molar-refractivity contribution in [1.82, 2.24) is 0 Å². The van der Waals surface area contributed by atoms with Gasteiger partial charge in [0.05, 0.1) is 0 Å². The van der Waals surface area contributed by atoms with Gasteiger partial charge in [0.1, 0.15) is 0 Å². The maximum Gasteiger partial charge on any atom is 0.0461 e. The molecule has 13 heavy (non-hydrogen) atoms. The normalized spacial score (nSPS) is 17.7. The van der Waals surface area contributed by atoms with Gasteiger partial charge in [0, 0.05) is 6.61 Å². The zero-order valence-electron chi connectivity index (χ0n) is 9.67. The fraction of sp³-hybridized carbons (Fsp3) is 0.833. The van der Waals surface area contributed by atoms with E-state index in [4.69, 9.17) is 5.11 Å². The first-order valence-electron chi connectivity index (χ1n) is 5.24. The van der Waals surface area contributed by atoms with E-state index in [1.165, 1.54) is 0 Å². The van der Waals surface area contributed by atoms with Crippen molar-refractivity contribution in [1.29, 1.82) is 0 Å². The summed E-state index contributed by atoms with van der Waals surface area (Å²) in [6.07, 6.45) is 5.51. The predicted octanol–water partition coefficient (Wildman–Crippen LogP) is 3.24. The van der Waals surface area contributed by atoms with Crippen LogP contribution in [0.1, 0.15) is 41.0 Å². The van der Waals surface area contributed by atoms with E-state index in [0.717, 1.165) is 6.42 Å². The molecule has 0 radical (unpaired) electrons. The van der Waals surface area contributed by atoms with E-state index in [2.05, 4.69) is 46.8 Å². The van der Waals surface area contributed by atoms with E-state index >= 15 is 0 Å². The fourth-order valence-electron chi connectivity index (χ4n) is 1.74. The number of hydrogen-bond acceptors (Lipinski definition) is 1. The molecular weight excluding hydrogens is 160 g/mol. The van der Waals surface area contributed by atoms with E-state index in [0.29, 0.717) is 11.8 Å². The smallest absolute Gasteiger partial charge is 0.0461 e. The Labute approximate surface area is 82.9 Å². The van der Waals surface area contributed by atoms with Gasteiger partial charge in [-0.3, -0.25) is 0 Å². The summed E-state index contributed by atoms with van der Waals surface area (Å²) in [7, 11) is 0. The second kappa shape index (κ2) is 5.43. The lowest BCUT2D eigenvalue weighted by Gasteiger charge is -2.37. The quantitative estimate of drug-likeness (QED) is 0.650. The van der Waals surface area contributed by atoms with Gasteiger partial charge < -0.3 is 5.11 Å². The maximum atomic E-state index is 9.16. The molecule has 0 spiro atoms. The van der Waals surface area contributed by atoms with Gasteiger partial charge in [0.15, 0.2) is 0 Å². The van der Waals surface area contributed by atoms with Gasteiger partial charge in [-0.15, -0.1) is 0 Å². The molecule has 0 rings (SSSR count). The average Bonchev–Trinajstić information content (AvgIpc) is 2.12. The highest BCUT2D eigenvalue weighted by Gasteiger charge is 2.31. The van der Waals surface area contributed by atoms with Gasteiger partial charge in [0.2, 0.25) is 0 Å². The average molecular weight is 184 g/mol. The highest BCUT2D eigenvalue weighted by Crippen LogP contribution is 2.37. The molecule has 0 aliphatic rings. The largest absolute Gasteiger partial charge is 0.396 e. The number of rotatable bonds is 5. The summed E-state index contributed by atoms with van der Waals surface area (Å²) in [5, 5.41) is 9.16. The Bertz CT molecular complexity index is 159. The Hall–Kier alpha value is -0.300. The molecule has 0 saturated carbocycles. The summed E-state index contributed by atoms with van der Waals surface area (Å²) in [5.74, 6) is 0.924. The van der Waals surface area contributed by atoms with Crippen molar-refractivity contribution in [2.24, 2.45) is 17.3 Å². The van der Waals surface area contributed by atoms with Crippen molar-refractivity contribution in [2.75, 3.05) is 6.61 Å². The molecule has 0 amide bonds. The van der Waals surface area contributed by atoms with Crippen molar-refractivity contribution >= 4 is 0 Å². The number of allylic oxidation sites excluding steroid dienone is 2. The molecule has 1 heteroatoms. The maximum absolute atomic E-state index is 9.16. The van der Waals surface area contributed by atoms with E-state index in [-0.39, 0.29) is 12.0 Å². The Kier molecular flexibility index (Phi) is 5.31. The number of aliphatic hydroxyl groups excluding tert-OH is 1. The van der Waals surface area contributed by atoms with Crippen molar-refractivity contribution in [3.05, 3.63) is 12.2 Å². The highest BCUT2D eigenvalue weighted by atomic mass is 16.3. The van der Waals surface area contributed by atoms with Crippen LogP contribution in [-0.4, -0.2) is 11.7 Å². The third kappa shape index (κ3) is 3.15. The summed E-state index contributed by atoms with van der Waals surface area (Å²) in [6, 6.07) is 0. The van der Waals surface area contributed by atoms with Gasteiger partial charge in [-0.1, -0.05) is 39.8 Å². The van der Waals surface area contributed by atoms with Crippen LogP contribution < -0.4 is 0 Å². The minimum atomic E-state index is 0.190. The second-order valence-corrected chi connectivity index (χ2v) is 4.45. The minimum absolute atomic E-state index is 0.190. The van der Waals surface area contributed by atoms with E-state index < -0.39 is 0 Å².